The van der Waals surface area contributed by atoms with E-state index < -0.39 is 0 Å². The zero-order valence-electron chi connectivity index (χ0n) is 16.7. The molecule has 1 aliphatic rings. The van der Waals surface area contributed by atoms with Crippen LogP contribution in [0.3, 0.4) is 0 Å². The first-order valence-corrected chi connectivity index (χ1v) is 9.37. The molecule has 0 atom stereocenters. The van der Waals surface area contributed by atoms with Crippen molar-refractivity contribution < 1.29 is 13.5 Å². The van der Waals surface area contributed by atoms with Crippen LogP contribution in [0.1, 0.15) is 16.7 Å². The summed E-state index contributed by atoms with van der Waals surface area (Å²) < 4.78 is 33.2. The van der Waals surface area contributed by atoms with Crippen LogP contribution in [0.5, 0.6) is 0 Å². The molecule has 158 valence electrons. The molecule has 29 heavy (non-hydrogen) atoms. The average molecular weight is 516 g/mol. The summed E-state index contributed by atoms with van der Waals surface area (Å²) in [4.78, 5) is 6.18. The summed E-state index contributed by atoms with van der Waals surface area (Å²) in [6.45, 7) is 5.35. The normalized spacial score (nSPS) is 14.3. The molecule has 0 spiro atoms. The van der Waals surface area contributed by atoms with E-state index in [-0.39, 0.29) is 35.6 Å². The van der Waals surface area contributed by atoms with E-state index >= 15 is 0 Å². The highest BCUT2D eigenvalue weighted by Gasteiger charge is 2.15. The van der Waals surface area contributed by atoms with Gasteiger partial charge < -0.3 is 20.3 Å². The van der Waals surface area contributed by atoms with E-state index in [1.54, 1.807) is 32.2 Å². The highest BCUT2D eigenvalue weighted by Crippen LogP contribution is 2.21. The van der Waals surface area contributed by atoms with Crippen molar-refractivity contribution in [3.63, 3.8) is 0 Å². The van der Waals surface area contributed by atoms with Gasteiger partial charge in [0.25, 0.3) is 0 Å². The van der Waals surface area contributed by atoms with Crippen molar-refractivity contribution in [2.24, 2.45) is 4.99 Å². The lowest BCUT2D eigenvalue weighted by molar-refractivity contribution is 0.122. The maximum atomic E-state index is 14.5. The van der Waals surface area contributed by atoms with Crippen LogP contribution in [0.4, 0.5) is 14.5 Å². The number of guanidine groups is 1. The van der Waals surface area contributed by atoms with E-state index in [1.807, 2.05) is 17.0 Å². The molecule has 2 N–H and O–H groups in total. The second kappa shape index (κ2) is 11.3. The van der Waals surface area contributed by atoms with Gasteiger partial charge in [-0.25, -0.2) is 8.78 Å². The molecule has 1 aliphatic heterocycles. The van der Waals surface area contributed by atoms with Gasteiger partial charge in [-0.1, -0.05) is 18.2 Å². The first kappa shape index (κ1) is 23.3. The summed E-state index contributed by atoms with van der Waals surface area (Å²) in [7, 11) is 1.67. The fourth-order valence-electron chi connectivity index (χ4n) is 3.13. The third-order valence-electron chi connectivity index (χ3n) is 4.73. The third-order valence-corrected chi connectivity index (χ3v) is 4.73. The number of nitrogens with one attached hydrogen (secondary N) is 2. The number of morpholine rings is 1. The molecular weight excluding hydrogens is 489 g/mol. The average Bonchev–Trinajstić information content (AvgIpc) is 2.71. The smallest absolute Gasteiger partial charge is 0.191 e. The Balaban J connectivity index is 0.00000300. The summed E-state index contributed by atoms with van der Waals surface area (Å²) in [6.07, 6.45) is 0. The summed E-state index contributed by atoms with van der Waals surface area (Å²) in [5.41, 5.74) is 3.01. The number of anilines is 1. The largest absolute Gasteiger partial charge is 0.378 e. The van der Waals surface area contributed by atoms with E-state index in [0.29, 0.717) is 56.6 Å². The quantitative estimate of drug-likeness (QED) is 0.363. The number of benzene rings is 2. The van der Waals surface area contributed by atoms with Crippen LogP contribution in [-0.2, 0) is 17.8 Å². The number of aliphatic imine (C=N–C) groups is 1. The molecule has 8 heteroatoms. The summed E-state index contributed by atoms with van der Waals surface area (Å²) in [6, 6.07) is 10.3. The van der Waals surface area contributed by atoms with Gasteiger partial charge in [0.15, 0.2) is 5.96 Å². The molecule has 0 unspecified atom stereocenters. The Morgan fingerprint density at radius 1 is 1.00 bits per heavy atom. The number of nitrogens with zero attached hydrogens (tertiary/aromatic N) is 2. The lowest BCUT2D eigenvalue weighted by Gasteiger charge is -2.29. The molecule has 0 bridgehead atoms. The monoisotopic (exact) mass is 516 g/mol. The fraction of sp³-hybridized carbons (Fsp3) is 0.381. The molecule has 0 aliphatic carbocycles. The lowest BCUT2D eigenvalue weighted by atomic mass is 10.1. The second-order valence-electron chi connectivity index (χ2n) is 6.75. The molecule has 3 rings (SSSR count). The van der Waals surface area contributed by atoms with Gasteiger partial charge in [0.05, 0.1) is 18.9 Å². The molecule has 1 heterocycles. The predicted octanol–water partition coefficient (Wildman–Crippen LogP) is 3.59. The molecule has 0 saturated carbocycles. The fourth-order valence-corrected chi connectivity index (χ4v) is 3.13. The van der Waals surface area contributed by atoms with Gasteiger partial charge in [0.2, 0.25) is 0 Å². The van der Waals surface area contributed by atoms with E-state index in [1.165, 1.54) is 6.07 Å². The maximum absolute atomic E-state index is 14.5. The van der Waals surface area contributed by atoms with Crippen LogP contribution < -0.4 is 15.5 Å². The zero-order chi connectivity index (χ0) is 19.9. The Morgan fingerprint density at radius 3 is 2.21 bits per heavy atom. The van der Waals surface area contributed by atoms with Crippen molar-refractivity contribution in [2.75, 3.05) is 38.3 Å². The van der Waals surface area contributed by atoms with Crippen LogP contribution >= 0.6 is 24.0 Å². The minimum atomic E-state index is -0.231. The summed E-state index contributed by atoms with van der Waals surface area (Å²) in [5, 5.41) is 6.35. The Bertz CT molecular complexity index is 841. The molecule has 1 saturated heterocycles. The topological polar surface area (TPSA) is 48.9 Å². The van der Waals surface area contributed by atoms with Crippen molar-refractivity contribution in [1.82, 2.24) is 10.6 Å². The van der Waals surface area contributed by atoms with Crippen molar-refractivity contribution in [1.29, 1.82) is 0 Å². The first-order chi connectivity index (χ1) is 13.6. The third kappa shape index (κ3) is 6.53. The number of aryl methyl sites for hydroxylation is 1. The lowest BCUT2D eigenvalue weighted by Crippen LogP contribution is -2.37. The van der Waals surface area contributed by atoms with E-state index in [9.17, 15) is 8.78 Å². The second-order valence-corrected chi connectivity index (χ2v) is 6.75. The van der Waals surface area contributed by atoms with Gasteiger partial charge in [-0.2, -0.15) is 0 Å². The zero-order valence-corrected chi connectivity index (χ0v) is 19.0. The van der Waals surface area contributed by atoms with Gasteiger partial charge in [0.1, 0.15) is 11.6 Å². The Labute approximate surface area is 187 Å². The Hall–Kier alpha value is -1.94. The van der Waals surface area contributed by atoms with Crippen molar-refractivity contribution in [2.45, 2.75) is 20.0 Å². The number of rotatable bonds is 5. The van der Waals surface area contributed by atoms with Crippen LogP contribution in [0.25, 0.3) is 0 Å². The molecule has 1 fully saturated rings. The molecule has 0 aromatic heterocycles. The van der Waals surface area contributed by atoms with Gasteiger partial charge in [0, 0.05) is 33.2 Å². The molecule has 0 amide bonds. The van der Waals surface area contributed by atoms with Gasteiger partial charge in [-0.05, 0) is 41.8 Å². The predicted molar refractivity (Wildman–Crippen MR) is 123 cm³/mol. The first-order valence-electron chi connectivity index (χ1n) is 9.37. The van der Waals surface area contributed by atoms with Crippen LogP contribution in [0.15, 0.2) is 41.4 Å². The molecule has 2 aromatic rings. The standard InChI is InChI=1S/C21H26F2N4O.HI/c1-15-11-16(3-5-18(15)22)13-25-21(24-2)26-14-17-4-6-20(19(23)12-17)27-7-9-28-10-8-27;/h3-6,11-12H,7-10,13-14H2,1-2H3,(H2,24,25,26);1H. The Morgan fingerprint density at radius 2 is 1.62 bits per heavy atom. The molecule has 0 radical (unpaired) electrons. The van der Waals surface area contributed by atoms with Crippen LogP contribution in [0, 0.1) is 18.6 Å². The summed E-state index contributed by atoms with van der Waals surface area (Å²) in [5.74, 6) is 0.152. The Kier molecular flexibility index (Phi) is 9.09. The highest BCUT2D eigenvalue weighted by molar-refractivity contribution is 14.0. The van der Waals surface area contributed by atoms with Gasteiger partial charge in [-0.15, -0.1) is 24.0 Å². The van der Waals surface area contributed by atoms with Gasteiger partial charge in [-0.3, -0.25) is 4.99 Å². The molecular formula is C21H27F2IN4O. The minimum Gasteiger partial charge on any atom is -0.378 e. The SMILES string of the molecule is CN=C(NCc1ccc(F)c(C)c1)NCc1ccc(N2CCOCC2)c(F)c1.I. The van der Waals surface area contributed by atoms with E-state index in [4.69, 9.17) is 4.74 Å². The minimum absolute atomic E-state index is 0. The summed E-state index contributed by atoms with van der Waals surface area (Å²) >= 11 is 0. The number of halogens is 3. The molecule has 2 aromatic carbocycles. The number of ether oxygens (including phenoxy) is 1. The van der Waals surface area contributed by atoms with Gasteiger partial charge >= 0.3 is 0 Å². The van der Waals surface area contributed by atoms with Crippen LogP contribution in [-0.4, -0.2) is 39.3 Å². The highest BCUT2D eigenvalue weighted by atomic mass is 127. The van der Waals surface area contributed by atoms with Crippen molar-refractivity contribution >= 4 is 35.6 Å². The van der Waals surface area contributed by atoms with Crippen molar-refractivity contribution in [3.8, 4) is 0 Å². The van der Waals surface area contributed by atoms with Crippen molar-refractivity contribution in [3.05, 3.63) is 64.7 Å². The van der Waals surface area contributed by atoms with E-state index in [0.717, 1.165) is 11.1 Å². The number of hydrogen-bond donors (Lipinski definition) is 2. The van der Waals surface area contributed by atoms with Crippen LogP contribution in [0.2, 0.25) is 0 Å². The molecule has 5 nitrogen and oxygen atoms in total. The number of hydrogen-bond acceptors (Lipinski definition) is 3. The maximum Gasteiger partial charge on any atom is 0.191 e. The van der Waals surface area contributed by atoms with E-state index in [2.05, 4.69) is 15.6 Å².